The molecule has 0 saturated heterocycles. The van der Waals surface area contributed by atoms with Crippen LogP contribution in [0.4, 0.5) is 5.69 Å². The van der Waals surface area contributed by atoms with E-state index in [4.69, 9.17) is 17.3 Å². The maximum Gasteiger partial charge on any atom is 0.231 e. The minimum atomic E-state index is -0.411. The fourth-order valence-corrected chi connectivity index (χ4v) is 2.75. The fraction of sp³-hybridized carbons (Fsp3) is 0.571. The molecule has 1 aliphatic rings. The number of nitrogens with two attached hydrogens (primary N) is 1. The lowest BCUT2D eigenvalue weighted by molar-refractivity contribution is -0.126. The van der Waals surface area contributed by atoms with Crippen LogP contribution in [0.1, 0.15) is 37.7 Å². The number of halogens is 1. The van der Waals surface area contributed by atoms with Crippen molar-refractivity contribution in [3.8, 4) is 0 Å². The van der Waals surface area contributed by atoms with E-state index < -0.39 is 5.41 Å². The SMILES string of the molecule is Cc1cc(NC(=O)C2(CN)CCCCC2)cnc1Cl. The van der Waals surface area contributed by atoms with Crippen molar-refractivity contribution in [2.45, 2.75) is 39.0 Å². The molecule has 2 rings (SSSR count). The van der Waals surface area contributed by atoms with Crippen LogP contribution < -0.4 is 11.1 Å². The fourth-order valence-electron chi connectivity index (χ4n) is 2.64. The normalized spacial score (nSPS) is 18.1. The minimum Gasteiger partial charge on any atom is -0.329 e. The summed E-state index contributed by atoms with van der Waals surface area (Å²) in [4.78, 5) is 16.5. The van der Waals surface area contributed by atoms with Crippen molar-refractivity contribution in [2.75, 3.05) is 11.9 Å². The number of aryl methyl sites for hydroxylation is 1. The van der Waals surface area contributed by atoms with Gasteiger partial charge in [-0.1, -0.05) is 30.9 Å². The summed E-state index contributed by atoms with van der Waals surface area (Å²) in [5, 5.41) is 3.39. The van der Waals surface area contributed by atoms with Crippen molar-refractivity contribution in [1.82, 2.24) is 4.98 Å². The highest BCUT2D eigenvalue weighted by Crippen LogP contribution is 2.36. The van der Waals surface area contributed by atoms with Crippen molar-refractivity contribution in [3.63, 3.8) is 0 Å². The van der Waals surface area contributed by atoms with E-state index in [1.807, 2.05) is 13.0 Å². The van der Waals surface area contributed by atoms with Crippen LogP contribution >= 0.6 is 11.6 Å². The van der Waals surface area contributed by atoms with Crippen molar-refractivity contribution >= 4 is 23.2 Å². The molecule has 104 valence electrons. The smallest absolute Gasteiger partial charge is 0.231 e. The van der Waals surface area contributed by atoms with Crippen LogP contribution in [-0.4, -0.2) is 17.4 Å². The summed E-state index contributed by atoms with van der Waals surface area (Å²) in [5.74, 6) is 0.0122. The molecule has 0 aromatic carbocycles. The van der Waals surface area contributed by atoms with Gasteiger partial charge < -0.3 is 11.1 Å². The Hall–Kier alpha value is -1.13. The third-order valence-corrected chi connectivity index (χ3v) is 4.35. The zero-order valence-electron chi connectivity index (χ0n) is 11.2. The van der Waals surface area contributed by atoms with E-state index in [0.717, 1.165) is 31.2 Å². The maximum absolute atomic E-state index is 12.5. The summed E-state index contributed by atoms with van der Waals surface area (Å²) in [6.45, 7) is 2.27. The van der Waals surface area contributed by atoms with Crippen molar-refractivity contribution < 1.29 is 4.79 Å². The number of aromatic nitrogens is 1. The first kappa shape index (κ1) is 14.3. The monoisotopic (exact) mass is 281 g/mol. The van der Waals surface area contributed by atoms with Gasteiger partial charge in [-0.25, -0.2) is 4.98 Å². The number of anilines is 1. The van der Waals surface area contributed by atoms with E-state index in [-0.39, 0.29) is 5.91 Å². The van der Waals surface area contributed by atoms with Gasteiger partial charge in [-0.2, -0.15) is 0 Å². The predicted octanol–water partition coefficient (Wildman–Crippen LogP) is 2.89. The zero-order valence-corrected chi connectivity index (χ0v) is 12.0. The Labute approximate surface area is 118 Å². The van der Waals surface area contributed by atoms with Gasteiger partial charge in [0.2, 0.25) is 5.91 Å². The average molecular weight is 282 g/mol. The minimum absolute atomic E-state index is 0.0122. The molecule has 0 atom stereocenters. The Morgan fingerprint density at radius 3 is 2.74 bits per heavy atom. The Bertz CT molecular complexity index is 470. The third kappa shape index (κ3) is 3.07. The summed E-state index contributed by atoms with van der Waals surface area (Å²) in [7, 11) is 0. The average Bonchev–Trinajstić information content (AvgIpc) is 2.43. The summed E-state index contributed by atoms with van der Waals surface area (Å²) in [6.07, 6.45) is 6.66. The lowest BCUT2D eigenvalue weighted by Gasteiger charge is -2.34. The predicted molar refractivity (Wildman–Crippen MR) is 77.2 cm³/mol. The highest BCUT2D eigenvalue weighted by molar-refractivity contribution is 6.30. The third-order valence-electron chi connectivity index (χ3n) is 3.96. The van der Waals surface area contributed by atoms with Gasteiger partial charge in [0.1, 0.15) is 5.15 Å². The van der Waals surface area contributed by atoms with Gasteiger partial charge in [0.05, 0.1) is 17.3 Å². The summed E-state index contributed by atoms with van der Waals surface area (Å²) in [6, 6.07) is 1.83. The number of rotatable bonds is 3. The highest BCUT2D eigenvalue weighted by atomic mass is 35.5. The Morgan fingerprint density at radius 1 is 1.47 bits per heavy atom. The number of amides is 1. The lowest BCUT2D eigenvalue weighted by Crippen LogP contribution is -2.43. The quantitative estimate of drug-likeness (QED) is 0.837. The molecule has 0 radical (unpaired) electrons. The number of pyridine rings is 1. The molecule has 0 unspecified atom stereocenters. The van der Waals surface area contributed by atoms with Gasteiger partial charge in [0.15, 0.2) is 0 Å². The van der Waals surface area contributed by atoms with Crippen molar-refractivity contribution in [1.29, 1.82) is 0 Å². The van der Waals surface area contributed by atoms with Crippen LogP contribution in [0.3, 0.4) is 0 Å². The first-order valence-electron chi connectivity index (χ1n) is 6.71. The van der Waals surface area contributed by atoms with E-state index in [9.17, 15) is 4.79 Å². The standard InChI is InChI=1S/C14H20ClN3O/c1-10-7-11(8-17-12(10)15)18-13(19)14(9-16)5-3-2-4-6-14/h7-8H,2-6,9,16H2,1H3,(H,18,19). The van der Waals surface area contributed by atoms with Crippen LogP contribution in [0.25, 0.3) is 0 Å². The zero-order chi connectivity index (χ0) is 13.9. The van der Waals surface area contributed by atoms with Gasteiger partial charge in [0.25, 0.3) is 0 Å². The molecule has 1 saturated carbocycles. The molecule has 1 amide bonds. The number of nitrogens with zero attached hydrogens (tertiary/aromatic N) is 1. The number of carbonyl (C=O) groups is 1. The molecule has 1 fully saturated rings. The molecule has 1 aromatic heterocycles. The van der Waals surface area contributed by atoms with Gasteiger partial charge in [-0.05, 0) is 31.4 Å². The van der Waals surface area contributed by atoms with E-state index in [2.05, 4.69) is 10.3 Å². The second-order valence-electron chi connectivity index (χ2n) is 5.33. The second kappa shape index (κ2) is 5.88. The largest absolute Gasteiger partial charge is 0.329 e. The molecule has 3 N–H and O–H groups in total. The maximum atomic E-state index is 12.5. The van der Waals surface area contributed by atoms with Gasteiger partial charge >= 0.3 is 0 Å². The first-order valence-corrected chi connectivity index (χ1v) is 7.09. The molecular weight excluding hydrogens is 262 g/mol. The Morgan fingerprint density at radius 2 is 2.16 bits per heavy atom. The Balaban J connectivity index is 2.12. The van der Waals surface area contributed by atoms with Crippen LogP contribution in [0.2, 0.25) is 5.15 Å². The summed E-state index contributed by atoms with van der Waals surface area (Å²) < 4.78 is 0. The molecule has 1 aromatic rings. The molecular formula is C14H20ClN3O. The van der Waals surface area contributed by atoms with E-state index in [1.165, 1.54) is 6.42 Å². The molecule has 19 heavy (non-hydrogen) atoms. The van der Waals surface area contributed by atoms with Gasteiger partial charge in [-0.15, -0.1) is 0 Å². The number of carbonyl (C=O) groups excluding carboxylic acids is 1. The molecule has 1 aliphatic carbocycles. The van der Waals surface area contributed by atoms with Crippen molar-refractivity contribution in [2.24, 2.45) is 11.1 Å². The first-order chi connectivity index (χ1) is 9.07. The highest BCUT2D eigenvalue weighted by Gasteiger charge is 2.38. The van der Waals surface area contributed by atoms with Gasteiger partial charge in [0, 0.05) is 6.54 Å². The van der Waals surface area contributed by atoms with Gasteiger partial charge in [-0.3, -0.25) is 4.79 Å². The number of nitrogens with one attached hydrogen (secondary N) is 1. The number of hydrogen-bond donors (Lipinski definition) is 2. The van der Waals surface area contributed by atoms with Crippen LogP contribution in [0, 0.1) is 12.3 Å². The Kier molecular flexibility index (Phi) is 4.42. The molecule has 5 heteroatoms. The molecule has 1 heterocycles. The summed E-state index contributed by atoms with van der Waals surface area (Å²) >= 11 is 5.88. The molecule has 4 nitrogen and oxygen atoms in total. The lowest BCUT2D eigenvalue weighted by atomic mass is 9.73. The molecule has 0 bridgehead atoms. The second-order valence-corrected chi connectivity index (χ2v) is 5.69. The molecule has 0 aliphatic heterocycles. The van der Waals surface area contributed by atoms with Crippen LogP contribution in [-0.2, 0) is 4.79 Å². The number of hydrogen-bond acceptors (Lipinski definition) is 3. The van der Waals surface area contributed by atoms with Crippen LogP contribution in [0.15, 0.2) is 12.3 Å². The van der Waals surface area contributed by atoms with E-state index in [1.54, 1.807) is 6.20 Å². The van der Waals surface area contributed by atoms with Crippen LogP contribution in [0.5, 0.6) is 0 Å². The van der Waals surface area contributed by atoms with E-state index >= 15 is 0 Å². The summed E-state index contributed by atoms with van der Waals surface area (Å²) in [5.41, 5.74) is 6.98. The van der Waals surface area contributed by atoms with E-state index in [0.29, 0.717) is 17.4 Å². The van der Waals surface area contributed by atoms with Crippen molar-refractivity contribution in [3.05, 3.63) is 23.0 Å². The molecule has 0 spiro atoms. The topological polar surface area (TPSA) is 68.0 Å².